The van der Waals surface area contributed by atoms with Crippen molar-refractivity contribution in [3.8, 4) is 17.2 Å². The lowest BCUT2D eigenvalue weighted by atomic mass is 10.1. The smallest absolute Gasteiger partial charge is 0.168 e. The fourth-order valence-corrected chi connectivity index (χ4v) is 3.22. The van der Waals surface area contributed by atoms with E-state index in [-0.39, 0.29) is 0 Å². The molecule has 0 saturated heterocycles. The van der Waals surface area contributed by atoms with Crippen LogP contribution in [0.25, 0.3) is 16.7 Å². The Morgan fingerprint density at radius 1 is 0.966 bits per heavy atom. The first-order valence-electron chi connectivity index (χ1n) is 9.40. The van der Waals surface area contributed by atoms with E-state index in [1.54, 1.807) is 26.7 Å². The largest absolute Gasteiger partial charge is 0.493 e. The number of methoxy groups -OCH3 is 2. The SMILES string of the molecule is COc1ccc(CCNc2ncnc3c2cnn3-c2ccc(C)cc2)cc1OC. The van der Waals surface area contributed by atoms with Crippen molar-refractivity contribution < 1.29 is 9.47 Å². The Morgan fingerprint density at radius 3 is 2.52 bits per heavy atom. The normalized spacial score (nSPS) is 10.9. The summed E-state index contributed by atoms with van der Waals surface area (Å²) in [6.45, 7) is 2.78. The van der Waals surface area contributed by atoms with Crippen molar-refractivity contribution in [2.24, 2.45) is 0 Å². The van der Waals surface area contributed by atoms with Gasteiger partial charge in [0, 0.05) is 6.54 Å². The van der Waals surface area contributed by atoms with Gasteiger partial charge in [-0.1, -0.05) is 23.8 Å². The number of fused-ring (bicyclic) bond motifs is 1. The fraction of sp³-hybridized carbons (Fsp3) is 0.227. The maximum atomic E-state index is 5.37. The molecule has 4 aromatic rings. The molecule has 0 unspecified atom stereocenters. The molecule has 0 aliphatic carbocycles. The van der Waals surface area contributed by atoms with Crippen molar-refractivity contribution >= 4 is 16.9 Å². The number of benzene rings is 2. The Kier molecular flexibility index (Phi) is 5.29. The van der Waals surface area contributed by atoms with E-state index in [9.17, 15) is 0 Å². The highest BCUT2D eigenvalue weighted by Gasteiger charge is 2.11. The summed E-state index contributed by atoms with van der Waals surface area (Å²) in [5.74, 6) is 2.23. The number of ether oxygens (including phenoxy) is 2. The molecule has 0 bridgehead atoms. The lowest BCUT2D eigenvalue weighted by Crippen LogP contribution is -2.07. The number of hydrogen-bond donors (Lipinski definition) is 1. The predicted octanol–water partition coefficient (Wildman–Crippen LogP) is 3.80. The molecule has 4 rings (SSSR count). The van der Waals surface area contributed by atoms with Crippen LogP contribution >= 0.6 is 0 Å². The average molecular weight is 389 g/mol. The van der Waals surface area contributed by atoms with E-state index in [1.807, 2.05) is 35.0 Å². The van der Waals surface area contributed by atoms with E-state index < -0.39 is 0 Å². The Labute approximate surface area is 169 Å². The molecule has 0 aliphatic rings. The van der Waals surface area contributed by atoms with Gasteiger partial charge in [-0.05, 0) is 43.2 Å². The van der Waals surface area contributed by atoms with Crippen LogP contribution in [0, 0.1) is 6.92 Å². The minimum atomic E-state index is 0.720. The highest BCUT2D eigenvalue weighted by atomic mass is 16.5. The molecule has 7 nitrogen and oxygen atoms in total. The molecule has 2 aromatic heterocycles. The predicted molar refractivity (Wildman–Crippen MR) is 113 cm³/mol. The minimum absolute atomic E-state index is 0.720. The highest BCUT2D eigenvalue weighted by molar-refractivity contribution is 5.87. The number of anilines is 1. The molecule has 0 amide bonds. The summed E-state index contributed by atoms with van der Waals surface area (Å²) in [7, 11) is 3.28. The number of hydrogen-bond acceptors (Lipinski definition) is 6. The minimum Gasteiger partial charge on any atom is -0.493 e. The van der Waals surface area contributed by atoms with Gasteiger partial charge in [0.15, 0.2) is 17.1 Å². The van der Waals surface area contributed by atoms with E-state index in [0.29, 0.717) is 0 Å². The lowest BCUT2D eigenvalue weighted by molar-refractivity contribution is 0.354. The molecule has 0 saturated carbocycles. The summed E-state index contributed by atoms with van der Waals surface area (Å²) in [6, 6.07) is 14.1. The van der Waals surface area contributed by atoms with Gasteiger partial charge in [0.1, 0.15) is 12.1 Å². The molecule has 0 radical (unpaired) electrons. The van der Waals surface area contributed by atoms with E-state index >= 15 is 0 Å². The zero-order valence-electron chi connectivity index (χ0n) is 16.7. The summed E-state index contributed by atoms with van der Waals surface area (Å²) < 4.78 is 12.5. The number of aromatic nitrogens is 4. The van der Waals surface area contributed by atoms with Gasteiger partial charge in [-0.25, -0.2) is 14.6 Å². The molecule has 0 spiro atoms. The lowest BCUT2D eigenvalue weighted by Gasteiger charge is -2.10. The molecule has 1 N–H and O–H groups in total. The molecule has 148 valence electrons. The first-order valence-corrected chi connectivity index (χ1v) is 9.40. The van der Waals surface area contributed by atoms with Crippen LogP contribution < -0.4 is 14.8 Å². The molecule has 0 fully saturated rings. The van der Waals surface area contributed by atoms with Crippen molar-refractivity contribution in [2.45, 2.75) is 13.3 Å². The summed E-state index contributed by atoms with van der Waals surface area (Å²) in [5.41, 5.74) is 4.10. The van der Waals surface area contributed by atoms with Crippen LogP contribution in [0.2, 0.25) is 0 Å². The molecule has 29 heavy (non-hydrogen) atoms. The van der Waals surface area contributed by atoms with Gasteiger partial charge in [-0.2, -0.15) is 5.10 Å². The van der Waals surface area contributed by atoms with Crippen molar-refractivity contribution in [3.63, 3.8) is 0 Å². The number of rotatable bonds is 7. The molecular weight excluding hydrogens is 366 g/mol. The van der Waals surface area contributed by atoms with E-state index in [2.05, 4.69) is 39.4 Å². The van der Waals surface area contributed by atoms with Crippen molar-refractivity contribution in [3.05, 3.63) is 66.1 Å². The Balaban J connectivity index is 1.51. The number of nitrogens with one attached hydrogen (secondary N) is 1. The standard InChI is InChI=1S/C22H23N5O2/c1-15-4-7-17(8-5-15)27-22-18(13-26-27)21(24-14-25-22)23-11-10-16-6-9-19(28-2)20(12-16)29-3/h4-9,12-14H,10-11H2,1-3H3,(H,23,24,25). The van der Waals surface area contributed by atoms with Gasteiger partial charge in [0.25, 0.3) is 0 Å². The third-order valence-electron chi connectivity index (χ3n) is 4.80. The van der Waals surface area contributed by atoms with Crippen molar-refractivity contribution in [1.29, 1.82) is 0 Å². The second-order valence-electron chi connectivity index (χ2n) is 6.72. The molecule has 2 aromatic carbocycles. The van der Waals surface area contributed by atoms with Crippen LogP contribution in [-0.2, 0) is 6.42 Å². The molecule has 0 aliphatic heterocycles. The van der Waals surface area contributed by atoms with Crippen LogP contribution in [0.5, 0.6) is 11.5 Å². The van der Waals surface area contributed by atoms with E-state index in [0.717, 1.165) is 52.6 Å². The highest BCUT2D eigenvalue weighted by Crippen LogP contribution is 2.28. The maximum Gasteiger partial charge on any atom is 0.168 e. The van der Waals surface area contributed by atoms with Crippen LogP contribution in [0.3, 0.4) is 0 Å². The average Bonchev–Trinajstić information content (AvgIpc) is 3.19. The van der Waals surface area contributed by atoms with E-state index in [4.69, 9.17) is 9.47 Å². The van der Waals surface area contributed by atoms with Crippen LogP contribution in [0.4, 0.5) is 5.82 Å². The molecule has 7 heteroatoms. The number of nitrogens with zero attached hydrogens (tertiary/aromatic N) is 4. The second kappa shape index (κ2) is 8.18. The maximum absolute atomic E-state index is 5.37. The summed E-state index contributed by atoms with van der Waals surface area (Å²) in [6.07, 6.45) is 4.18. The second-order valence-corrected chi connectivity index (χ2v) is 6.72. The Hall–Kier alpha value is -3.61. The van der Waals surface area contributed by atoms with Crippen molar-refractivity contribution in [2.75, 3.05) is 26.1 Å². The summed E-state index contributed by atoms with van der Waals surface area (Å²) in [5, 5.41) is 8.80. The van der Waals surface area contributed by atoms with Gasteiger partial charge in [-0.15, -0.1) is 0 Å². The van der Waals surface area contributed by atoms with Gasteiger partial charge >= 0.3 is 0 Å². The Morgan fingerprint density at radius 2 is 1.76 bits per heavy atom. The zero-order valence-corrected chi connectivity index (χ0v) is 16.7. The summed E-state index contributed by atoms with van der Waals surface area (Å²) >= 11 is 0. The third kappa shape index (κ3) is 3.85. The van der Waals surface area contributed by atoms with Crippen LogP contribution in [-0.4, -0.2) is 40.5 Å². The topological polar surface area (TPSA) is 74.1 Å². The monoisotopic (exact) mass is 389 g/mol. The van der Waals surface area contributed by atoms with Gasteiger partial charge in [-0.3, -0.25) is 0 Å². The first-order chi connectivity index (χ1) is 14.2. The fourth-order valence-electron chi connectivity index (χ4n) is 3.22. The van der Waals surface area contributed by atoms with Crippen LogP contribution in [0.15, 0.2) is 55.0 Å². The van der Waals surface area contributed by atoms with Gasteiger partial charge in [0.2, 0.25) is 0 Å². The quantitative estimate of drug-likeness (QED) is 0.518. The molecule has 0 atom stereocenters. The zero-order chi connectivity index (χ0) is 20.2. The van der Waals surface area contributed by atoms with E-state index in [1.165, 1.54) is 5.56 Å². The number of aryl methyl sites for hydroxylation is 1. The first kappa shape index (κ1) is 18.7. The Bertz CT molecular complexity index is 1120. The third-order valence-corrected chi connectivity index (χ3v) is 4.80. The molecular formula is C22H23N5O2. The van der Waals surface area contributed by atoms with Crippen LogP contribution in [0.1, 0.15) is 11.1 Å². The van der Waals surface area contributed by atoms with Gasteiger partial charge in [0.05, 0.1) is 31.5 Å². The molecule has 2 heterocycles. The van der Waals surface area contributed by atoms with Crippen molar-refractivity contribution in [1.82, 2.24) is 19.7 Å². The van der Waals surface area contributed by atoms with Gasteiger partial charge < -0.3 is 14.8 Å². The summed E-state index contributed by atoms with van der Waals surface area (Å²) in [4.78, 5) is 8.83.